The highest BCUT2D eigenvalue weighted by atomic mass is 35.5. The molecule has 42 nitrogen and oxygen atoms in total. The lowest BCUT2D eigenvalue weighted by Crippen LogP contribution is -2.54. The second kappa shape index (κ2) is 67.2. The maximum absolute atomic E-state index is 12.2. The standard InChI is InChI=1S/C17H25BN2O5.C15H21BN2O4.C14H20BN3O4.C13H18BNO4S.C11H21BN2O4.C8H14BNO4.C7H14BNO3.CO2.ClH/c1-12(21)9-15-5-6-16(18(23)25-15)20-17(22)11-13-3-2-4-14(10-13)24-8-7-19;1-10(19)9-12-7-8-13(16(21)22-12)18-15(20)14(17)11-5-3-2-4-6-11;1-9(19)7-11-5-6-12(15(21)22-11)18-14(20)8-10-3-2-4-13(16)17-10;1-9(16)6-11-2-3-12(14(18)19-11)15-13(17)7-10-4-5-20-8-10;1-8(15)7-9-4-5-10(12(17)18-9)14-11(16)3-2-6-13;1-6(12)4-7-2-3-8(10-5-11)9(13)14-7;1-5(10)4-6-2-3-7(9)8(11)12-6;2-1-3;/h2-4,10,15-16,23H,5-9,11,19H2,1H3,(H,20,22);2-6,12-14,21H,7-9,17H2,1H3,(H,18,20);2-4,11-12,21H,5-8H2,1H3,(H2,16,17)(H,18,20);4-5,8,11-12,18H,2-3,6-7H2,1H3,(H,15,17);9-10,17H,2-7,13H2,1H3,(H,14,16);5,7-8,13H,2-4H2,1H3,(H,10,11);6-7,11H,2-4,9H2,1H3;;1H/t15-,16-;12-,13-,14+;2*11-,12-;9-,10-;7-,8-;6?,7-;;/m0000000../s1. The van der Waals surface area contributed by atoms with Crippen LogP contribution in [0.25, 0.3) is 0 Å². The van der Waals surface area contributed by atoms with Crippen LogP contribution in [0.5, 0.6) is 5.75 Å². The summed E-state index contributed by atoms with van der Waals surface area (Å²) in [6.45, 7) is 11.8. The number of nitrogens with one attached hydrogen (secondary N) is 6. The van der Waals surface area contributed by atoms with Crippen molar-refractivity contribution in [2.75, 3.05) is 25.4 Å². The molecule has 7 saturated heterocycles. The number of nitrogen functional groups attached to an aromatic ring is 1. The van der Waals surface area contributed by atoms with Gasteiger partial charge in [0.2, 0.25) is 35.9 Å². The second-order valence-electron chi connectivity index (χ2n) is 34.2. The van der Waals surface area contributed by atoms with Crippen LogP contribution in [0.15, 0.2) is 89.6 Å². The molecule has 2 aromatic carbocycles. The molecule has 2 aromatic heterocycles. The molecule has 6 amide bonds. The van der Waals surface area contributed by atoms with E-state index < -0.39 is 85.6 Å². The minimum absolute atomic E-state index is 0. The number of thiophene rings is 1. The number of Topliss-reactive ketones (excluding diaryl/α,β-unsaturated/α-hetero) is 7. The largest absolute Gasteiger partial charge is 0.492 e. The Bertz CT molecular complexity index is 4390. The molecule has 7 aliphatic rings. The van der Waals surface area contributed by atoms with Crippen molar-refractivity contribution >= 4 is 162 Å². The molecular weight excluding hydrogens is 1820 g/mol. The SMILES string of the molecule is CC(=O)CC1CC[C@H](N)B(O)O1.CC(=O)C[C@@H]1CC[C@H](NC(=O)CCCN)B(O)O1.CC(=O)C[C@@H]1CC[C@H](NC(=O)Cc2cccc(N)n2)B(O)O1.CC(=O)C[C@@H]1CC[C@H](NC(=O)Cc2cccc(OCCN)c2)B(O)O1.CC(=O)C[C@@H]1CC[C@H](NC(=O)Cc2ccsc2)B(O)O1.CC(=O)C[C@@H]1CC[C@H](NC(=O)[C@H](N)c2ccccc2)B(O)O1.CC(=O)C[C@@H]1CC[C@H](NC=O)B(O)O1.Cl.O=C=O. The summed E-state index contributed by atoms with van der Waals surface area (Å²) in [5.74, 6) is -2.64. The van der Waals surface area contributed by atoms with Gasteiger partial charge in [-0.15, -0.1) is 12.4 Å². The maximum atomic E-state index is 12.2. The summed E-state index contributed by atoms with van der Waals surface area (Å²) < 4.78 is 42.6. The molecule has 15 atom stereocenters. The van der Waals surface area contributed by atoms with Crippen LogP contribution in [0.1, 0.15) is 225 Å². The molecule has 137 heavy (non-hydrogen) atoms. The number of halogens is 1. The van der Waals surface area contributed by atoms with Gasteiger partial charge in [-0.2, -0.15) is 20.9 Å². The minimum atomic E-state index is -1.12. The average molecular weight is 1960 g/mol. The first kappa shape index (κ1) is 122. The highest BCUT2D eigenvalue weighted by Crippen LogP contribution is 2.27. The van der Waals surface area contributed by atoms with E-state index in [1.165, 1.54) is 48.5 Å². The lowest BCUT2D eigenvalue weighted by molar-refractivity contribution is -0.192. The van der Waals surface area contributed by atoms with Gasteiger partial charge in [-0.1, -0.05) is 48.5 Å². The summed E-state index contributed by atoms with van der Waals surface area (Å²) >= 11 is 1.55. The van der Waals surface area contributed by atoms with E-state index >= 15 is 0 Å². The average Bonchev–Trinajstić information content (AvgIpc) is 1.83. The molecule has 0 spiro atoms. The summed E-state index contributed by atoms with van der Waals surface area (Å²) in [7, 11) is -7.30. The smallest absolute Gasteiger partial charge is 0.478 e. The van der Waals surface area contributed by atoms with Gasteiger partial charge in [-0.25, -0.2) is 4.98 Å². The van der Waals surface area contributed by atoms with E-state index in [-0.39, 0.29) is 175 Å². The van der Waals surface area contributed by atoms with Crippen LogP contribution >= 0.6 is 23.7 Å². The Hall–Kier alpha value is -9.20. The molecule has 4 aromatic rings. The van der Waals surface area contributed by atoms with E-state index in [2.05, 4.69) is 36.9 Å². The summed E-state index contributed by atoms with van der Waals surface area (Å²) in [4.78, 5) is 167. The molecule has 0 aliphatic carbocycles. The molecule has 0 radical (unpaired) electrons. The molecule has 11 rings (SSSR count). The fraction of sp³-hybridized carbons (Fsp3) is 0.593. The molecule has 23 N–H and O–H groups in total. The number of aromatic nitrogens is 1. The number of rotatable bonds is 35. The number of hydrogen-bond donors (Lipinski definition) is 18. The fourth-order valence-electron chi connectivity index (χ4n) is 15.2. The molecule has 0 saturated carbocycles. The van der Waals surface area contributed by atoms with Crippen molar-refractivity contribution in [3.8, 4) is 5.75 Å². The van der Waals surface area contributed by atoms with E-state index in [0.717, 1.165) is 24.0 Å². The quantitative estimate of drug-likeness (QED) is 0.0202. The lowest BCUT2D eigenvalue weighted by atomic mass is 9.72. The summed E-state index contributed by atoms with van der Waals surface area (Å²) in [5.41, 5.74) is 30.8. The van der Waals surface area contributed by atoms with Gasteiger partial charge < -0.3 is 133 Å². The van der Waals surface area contributed by atoms with Crippen molar-refractivity contribution in [2.24, 2.45) is 22.9 Å². The lowest BCUT2D eigenvalue weighted by Gasteiger charge is -2.31. The first-order valence-corrected chi connectivity index (χ1v) is 46.4. The number of benzene rings is 2. The number of amides is 6. The Labute approximate surface area is 810 Å². The molecule has 1 unspecified atom stereocenters. The predicted molar refractivity (Wildman–Crippen MR) is 511 cm³/mol. The number of nitrogens with two attached hydrogens (primary N) is 5. The number of carbonyl (C=O) groups is 13. The van der Waals surface area contributed by atoms with E-state index in [1.807, 2.05) is 53.2 Å². The van der Waals surface area contributed by atoms with Gasteiger partial charge in [-0.05, 0) is 209 Å². The van der Waals surface area contributed by atoms with Crippen molar-refractivity contribution in [2.45, 2.75) is 306 Å². The summed E-state index contributed by atoms with van der Waals surface area (Å²) in [6, 6.07) is 22.5. The number of anilines is 1. The van der Waals surface area contributed by atoms with E-state index in [4.69, 9.17) is 75.6 Å². The van der Waals surface area contributed by atoms with E-state index in [9.17, 15) is 97.5 Å². The number of nitrogens with zero attached hydrogens (tertiary/aromatic N) is 1. The van der Waals surface area contributed by atoms with Crippen molar-refractivity contribution in [3.05, 3.63) is 112 Å². The number of hydrogen-bond acceptors (Lipinski definition) is 37. The zero-order valence-corrected chi connectivity index (χ0v) is 80.2. The fourth-order valence-corrected chi connectivity index (χ4v) is 15.9. The Morgan fingerprint density at radius 3 is 1.15 bits per heavy atom. The van der Waals surface area contributed by atoms with Crippen LogP contribution in [0.2, 0.25) is 0 Å². The second-order valence-corrected chi connectivity index (χ2v) is 34.9. The highest BCUT2D eigenvalue weighted by molar-refractivity contribution is 7.08. The number of ketones is 7. The van der Waals surface area contributed by atoms with Crippen LogP contribution in [0, 0.1) is 0 Å². The van der Waals surface area contributed by atoms with Crippen molar-refractivity contribution in [1.29, 1.82) is 0 Å². The highest BCUT2D eigenvalue weighted by Gasteiger charge is 2.43. The topological polar surface area (TPSA) is 687 Å². The third kappa shape index (κ3) is 51.5. The van der Waals surface area contributed by atoms with Gasteiger partial charge in [0.15, 0.2) is 0 Å². The number of carbonyl (C=O) groups excluding carboxylic acids is 15. The molecule has 7 aliphatic heterocycles. The van der Waals surface area contributed by atoms with Gasteiger partial charge >= 0.3 is 56.0 Å². The first-order chi connectivity index (χ1) is 64.6. The molecule has 0 bridgehead atoms. The Balaban J connectivity index is 0.000000413. The zero-order valence-electron chi connectivity index (χ0n) is 78.6. The third-order valence-electron chi connectivity index (χ3n) is 21.8. The maximum Gasteiger partial charge on any atom is 0.478 e. The number of pyridine rings is 1. The van der Waals surface area contributed by atoms with Crippen molar-refractivity contribution < 1.29 is 144 Å². The molecule has 9 heterocycles. The van der Waals surface area contributed by atoms with Crippen molar-refractivity contribution in [1.82, 2.24) is 36.9 Å². The van der Waals surface area contributed by atoms with Crippen LogP contribution < -0.4 is 65.3 Å². The van der Waals surface area contributed by atoms with Gasteiger partial charge in [0.1, 0.15) is 64.7 Å². The molecule has 752 valence electrons. The number of ether oxygens (including phenoxy) is 1. The van der Waals surface area contributed by atoms with Gasteiger partial charge in [0.05, 0.1) is 60.6 Å². The van der Waals surface area contributed by atoms with Gasteiger partial charge in [0.25, 0.3) is 0 Å². The zero-order chi connectivity index (χ0) is 101. The van der Waals surface area contributed by atoms with Crippen LogP contribution in [-0.2, 0) is 124 Å². The third-order valence-corrected chi connectivity index (χ3v) is 22.5. The van der Waals surface area contributed by atoms with Crippen LogP contribution in [-0.4, -0.2) is 277 Å². The van der Waals surface area contributed by atoms with Crippen molar-refractivity contribution in [3.63, 3.8) is 0 Å². The normalized spacial score (nSPS) is 22.7. The predicted octanol–water partition coefficient (Wildman–Crippen LogP) is -0.603. The molecule has 7 fully saturated rings. The molecule has 51 heteroatoms. The Morgan fingerprint density at radius 2 is 0.803 bits per heavy atom. The van der Waals surface area contributed by atoms with Crippen LogP contribution in [0.4, 0.5) is 5.82 Å². The van der Waals surface area contributed by atoms with E-state index in [0.29, 0.717) is 171 Å². The summed E-state index contributed by atoms with van der Waals surface area (Å²) in [6.07, 6.45) is 11.8. The first-order valence-electron chi connectivity index (χ1n) is 45.5. The molecular formula is C86H134B7ClN12O30S. The van der Waals surface area contributed by atoms with Crippen LogP contribution in [0.3, 0.4) is 0 Å². The van der Waals surface area contributed by atoms with Gasteiger partial charge in [-0.3, -0.25) is 62.3 Å². The summed E-state index contributed by atoms with van der Waals surface area (Å²) in [5, 5.41) is 88.3. The van der Waals surface area contributed by atoms with E-state index in [1.54, 1.807) is 47.7 Å². The minimum Gasteiger partial charge on any atom is -0.492 e. The van der Waals surface area contributed by atoms with Gasteiger partial charge in [0, 0.05) is 107 Å². The Morgan fingerprint density at radius 1 is 0.453 bits per heavy atom. The Kier molecular flexibility index (Phi) is 59.8. The monoisotopic (exact) mass is 1960 g/mol.